The second-order valence-corrected chi connectivity index (χ2v) is 6.58. The third kappa shape index (κ3) is 3.16. The lowest BCUT2D eigenvalue weighted by Crippen LogP contribution is -2.49. The lowest BCUT2D eigenvalue weighted by molar-refractivity contribution is -0.144. The highest BCUT2D eigenvalue weighted by atomic mass is 32.1. The molecule has 108 valence electrons. The Kier molecular flexibility index (Phi) is 3.80. The molecule has 0 fully saturated rings. The number of nitrogens with one attached hydrogen (secondary N) is 1. The SMILES string of the molecule is CC(C)(C)[C@@H](NC(=O)Cc1cn2ccsc2n1)C(=O)O. The fraction of sp³-hybridized carbons (Fsp3) is 0.462. The highest BCUT2D eigenvalue weighted by molar-refractivity contribution is 7.15. The molecule has 2 N–H and O–H groups in total. The van der Waals surface area contributed by atoms with E-state index in [0.717, 1.165) is 4.96 Å². The van der Waals surface area contributed by atoms with Crippen molar-refractivity contribution in [2.45, 2.75) is 33.2 Å². The topological polar surface area (TPSA) is 83.7 Å². The molecule has 2 aromatic rings. The first-order valence-electron chi connectivity index (χ1n) is 6.20. The van der Waals surface area contributed by atoms with Crippen molar-refractivity contribution in [1.29, 1.82) is 0 Å². The molecule has 20 heavy (non-hydrogen) atoms. The minimum absolute atomic E-state index is 0.0776. The van der Waals surface area contributed by atoms with Crippen LogP contribution in [0.2, 0.25) is 0 Å². The number of amides is 1. The van der Waals surface area contributed by atoms with Gasteiger partial charge in [0.15, 0.2) is 4.96 Å². The number of nitrogens with zero attached hydrogens (tertiary/aromatic N) is 2. The number of fused-ring (bicyclic) bond motifs is 1. The third-order valence-electron chi connectivity index (χ3n) is 2.90. The van der Waals surface area contributed by atoms with Crippen molar-refractivity contribution in [3.63, 3.8) is 0 Å². The van der Waals surface area contributed by atoms with Gasteiger partial charge in [-0.15, -0.1) is 11.3 Å². The summed E-state index contributed by atoms with van der Waals surface area (Å²) in [6, 6.07) is -0.918. The van der Waals surface area contributed by atoms with Crippen LogP contribution in [0.1, 0.15) is 26.5 Å². The maximum Gasteiger partial charge on any atom is 0.326 e. The summed E-state index contributed by atoms with van der Waals surface area (Å²) in [6.07, 6.45) is 3.72. The Morgan fingerprint density at radius 2 is 2.20 bits per heavy atom. The highest BCUT2D eigenvalue weighted by Crippen LogP contribution is 2.19. The van der Waals surface area contributed by atoms with Crippen LogP contribution in [0.5, 0.6) is 0 Å². The van der Waals surface area contributed by atoms with Crippen LogP contribution in [0.25, 0.3) is 4.96 Å². The normalized spacial score (nSPS) is 13.3. The van der Waals surface area contributed by atoms with Gasteiger partial charge in [-0.2, -0.15) is 0 Å². The minimum atomic E-state index is -1.03. The summed E-state index contributed by atoms with van der Waals surface area (Å²) in [5.74, 6) is -1.37. The van der Waals surface area contributed by atoms with Crippen LogP contribution in [0.15, 0.2) is 17.8 Å². The molecule has 0 aliphatic heterocycles. The Balaban J connectivity index is 2.04. The second-order valence-electron chi connectivity index (χ2n) is 5.71. The van der Waals surface area contributed by atoms with E-state index in [1.165, 1.54) is 11.3 Å². The van der Waals surface area contributed by atoms with Gasteiger partial charge in [0.2, 0.25) is 5.91 Å². The molecule has 0 spiro atoms. The molecule has 1 amide bonds. The molecule has 0 saturated carbocycles. The standard InChI is InChI=1S/C13H17N3O3S/c1-13(2,3)10(11(18)19)15-9(17)6-8-7-16-4-5-20-12(16)14-8/h4-5,7,10H,6H2,1-3H3,(H,15,17)(H,18,19)/t10-/m0/s1. The summed E-state index contributed by atoms with van der Waals surface area (Å²) >= 11 is 1.48. The van der Waals surface area contributed by atoms with Crippen LogP contribution in [0, 0.1) is 5.41 Å². The van der Waals surface area contributed by atoms with E-state index in [9.17, 15) is 14.7 Å². The number of aromatic nitrogens is 2. The first-order valence-corrected chi connectivity index (χ1v) is 7.08. The Labute approximate surface area is 120 Å². The van der Waals surface area contributed by atoms with Gasteiger partial charge in [-0.05, 0) is 5.41 Å². The number of hydrogen-bond donors (Lipinski definition) is 2. The minimum Gasteiger partial charge on any atom is -0.480 e. The smallest absolute Gasteiger partial charge is 0.326 e. The Bertz CT molecular complexity index is 610. The van der Waals surface area contributed by atoms with Crippen molar-refractivity contribution in [3.8, 4) is 0 Å². The molecular weight excluding hydrogens is 278 g/mol. The average Bonchev–Trinajstić information content (AvgIpc) is 2.84. The van der Waals surface area contributed by atoms with Gasteiger partial charge >= 0.3 is 5.97 Å². The van der Waals surface area contributed by atoms with Crippen LogP contribution in [0.4, 0.5) is 0 Å². The van der Waals surface area contributed by atoms with E-state index in [0.29, 0.717) is 5.69 Å². The number of hydrogen-bond acceptors (Lipinski definition) is 4. The Morgan fingerprint density at radius 1 is 1.50 bits per heavy atom. The van der Waals surface area contributed by atoms with Gasteiger partial charge in [0.1, 0.15) is 6.04 Å². The van der Waals surface area contributed by atoms with E-state index in [1.54, 1.807) is 27.0 Å². The molecule has 0 aliphatic rings. The first kappa shape index (κ1) is 14.5. The quantitative estimate of drug-likeness (QED) is 0.896. The van der Waals surface area contributed by atoms with Crippen LogP contribution in [-0.2, 0) is 16.0 Å². The summed E-state index contributed by atoms with van der Waals surface area (Å²) in [7, 11) is 0. The molecule has 0 aromatic carbocycles. The van der Waals surface area contributed by atoms with Crippen molar-refractivity contribution in [2.24, 2.45) is 5.41 Å². The maximum atomic E-state index is 12.0. The fourth-order valence-corrected chi connectivity index (χ4v) is 2.61. The molecule has 0 radical (unpaired) electrons. The van der Waals surface area contributed by atoms with E-state index in [1.807, 2.05) is 16.0 Å². The van der Waals surface area contributed by atoms with Crippen LogP contribution in [-0.4, -0.2) is 32.4 Å². The van der Waals surface area contributed by atoms with Crippen LogP contribution in [0.3, 0.4) is 0 Å². The molecule has 0 saturated heterocycles. The summed E-state index contributed by atoms with van der Waals surface area (Å²) < 4.78 is 1.84. The summed E-state index contributed by atoms with van der Waals surface area (Å²) in [5, 5.41) is 13.6. The van der Waals surface area contributed by atoms with Gasteiger partial charge in [-0.25, -0.2) is 9.78 Å². The molecule has 6 nitrogen and oxygen atoms in total. The number of aliphatic carboxylic acids is 1. The molecule has 2 heterocycles. The lowest BCUT2D eigenvalue weighted by atomic mass is 9.86. The van der Waals surface area contributed by atoms with Gasteiger partial charge in [0.05, 0.1) is 12.1 Å². The van der Waals surface area contributed by atoms with E-state index in [4.69, 9.17) is 0 Å². The number of carboxylic acids is 1. The summed E-state index contributed by atoms with van der Waals surface area (Å²) in [4.78, 5) is 28.3. The molecule has 2 rings (SSSR count). The number of imidazole rings is 1. The maximum absolute atomic E-state index is 12.0. The first-order chi connectivity index (χ1) is 9.27. The molecule has 0 aliphatic carbocycles. The highest BCUT2D eigenvalue weighted by Gasteiger charge is 2.32. The molecule has 1 atom stereocenters. The Morgan fingerprint density at radius 3 is 2.75 bits per heavy atom. The van der Waals surface area contributed by atoms with Crippen molar-refractivity contribution in [1.82, 2.24) is 14.7 Å². The number of rotatable bonds is 4. The zero-order chi connectivity index (χ0) is 14.9. The van der Waals surface area contributed by atoms with E-state index in [2.05, 4.69) is 10.3 Å². The summed E-state index contributed by atoms with van der Waals surface area (Å²) in [6.45, 7) is 5.33. The number of carbonyl (C=O) groups excluding carboxylic acids is 1. The van der Waals surface area contributed by atoms with Gasteiger partial charge in [-0.1, -0.05) is 20.8 Å². The predicted octanol–water partition coefficient (Wildman–Crippen LogP) is 1.55. The van der Waals surface area contributed by atoms with Crippen LogP contribution < -0.4 is 5.32 Å². The zero-order valence-electron chi connectivity index (χ0n) is 11.6. The zero-order valence-corrected chi connectivity index (χ0v) is 12.4. The van der Waals surface area contributed by atoms with Gasteiger partial charge in [0, 0.05) is 17.8 Å². The van der Waals surface area contributed by atoms with Crippen molar-refractivity contribution in [2.75, 3.05) is 0 Å². The largest absolute Gasteiger partial charge is 0.480 e. The van der Waals surface area contributed by atoms with E-state index in [-0.39, 0.29) is 12.3 Å². The summed E-state index contributed by atoms with van der Waals surface area (Å²) in [5.41, 5.74) is 0.0863. The number of carboxylic acid groups (broad SMARTS) is 1. The van der Waals surface area contributed by atoms with Crippen molar-refractivity contribution in [3.05, 3.63) is 23.5 Å². The van der Waals surface area contributed by atoms with Crippen molar-refractivity contribution >= 4 is 28.2 Å². The number of carbonyl (C=O) groups is 2. The van der Waals surface area contributed by atoms with Crippen LogP contribution >= 0.6 is 11.3 Å². The molecule has 7 heteroatoms. The monoisotopic (exact) mass is 295 g/mol. The van der Waals surface area contributed by atoms with Crippen molar-refractivity contribution < 1.29 is 14.7 Å². The lowest BCUT2D eigenvalue weighted by Gasteiger charge is -2.27. The average molecular weight is 295 g/mol. The second kappa shape index (κ2) is 5.24. The van der Waals surface area contributed by atoms with Gasteiger partial charge in [-0.3, -0.25) is 9.20 Å². The van der Waals surface area contributed by atoms with E-state index < -0.39 is 17.4 Å². The molecule has 0 unspecified atom stereocenters. The van der Waals surface area contributed by atoms with E-state index >= 15 is 0 Å². The molecule has 2 aromatic heterocycles. The Hall–Kier alpha value is -1.89. The number of thiazole rings is 1. The van der Waals surface area contributed by atoms with Gasteiger partial charge < -0.3 is 10.4 Å². The fourth-order valence-electron chi connectivity index (χ4n) is 1.89. The predicted molar refractivity (Wildman–Crippen MR) is 75.8 cm³/mol. The third-order valence-corrected chi connectivity index (χ3v) is 3.67. The molecule has 0 bridgehead atoms. The van der Waals surface area contributed by atoms with Gasteiger partial charge in [0.25, 0.3) is 0 Å². The molecular formula is C13H17N3O3S.